The van der Waals surface area contributed by atoms with Gasteiger partial charge in [0.2, 0.25) is 0 Å². The summed E-state index contributed by atoms with van der Waals surface area (Å²) in [6.45, 7) is 0. The van der Waals surface area contributed by atoms with Crippen molar-refractivity contribution in [2.45, 2.75) is 69.6 Å². The lowest BCUT2D eigenvalue weighted by Gasteiger charge is -2.41. The normalized spacial score (nSPS) is 26.4. The van der Waals surface area contributed by atoms with E-state index < -0.39 is 0 Å². The predicted octanol–water partition coefficient (Wildman–Crippen LogP) is 7.33. The molecule has 3 unspecified atom stereocenters. The van der Waals surface area contributed by atoms with Gasteiger partial charge < -0.3 is 0 Å². The number of fused-ring (bicyclic) bond motifs is 6. The molecule has 0 heterocycles. The van der Waals surface area contributed by atoms with Crippen molar-refractivity contribution in [3.05, 3.63) is 82.4 Å². The van der Waals surface area contributed by atoms with E-state index in [4.69, 9.17) is 0 Å². The number of hydrogen-bond acceptors (Lipinski definition) is 0. The Morgan fingerprint density at radius 3 is 2.50 bits per heavy atom. The first kappa shape index (κ1) is 16.8. The van der Waals surface area contributed by atoms with E-state index in [0.29, 0.717) is 0 Å². The molecule has 3 aromatic carbocycles. The van der Waals surface area contributed by atoms with Gasteiger partial charge in [-0.3, -0.25) is 0 Å². The highest BCUT2D eigenvalue weighted by molar-refractivity contribution is 5.90. The van der Waals surface area contributed by atoms with Crippen molar-refractivity contribution in [3.8, 4) is 0 Å². The van der Waals surface area contributed by atoms with Crippen LogP contribution in [0.3, 0.4) is 0 Å². The zero-order valence-corrected chi connectivity index (χ0v) is 16.8. The van der Waals surface area contributed by atoms with E-state index in [1.807, 2.05) is 0 Å². The van der Waals surface area contributed by atoms with Gasteiger partial charge >= 0.3 is 0 Å². The minimum absolute atomic E-state index is 0.747. The third-order valence-corrected chi connectivity index (χ3v) is 8.09. The first-order valence-electron chi connectivity index (χ1n) is 11.5. The molecule has 0 saturated heterocycles. The van der Waals surface area contributed by atoms with Crippen LogP contribution in [0.15, 0.2) is 54.6 Å². The van der Waals surface area contributed by atoms with E-state index in [1.54, 1.807) is 38.6 Å². The highest BCUT2D eigenvalue weighted by Crippen LogP contribution is 2.50. The van der Waals surface area contributed by atoms with Gasteiger partial charge in [0.05, 0.1) is 0 Å². The molecule has 0 N–H and O–H groups in total. The van der Waals surface area contributed by atoms with Crippen LogP contribution < -0.4 is 0 Å². The van der Waals surface area contributed by atoms with Crippen molar-refractivity contribution in [1.29, 1.82) is 0 Å². The summed E-state index contributed by atoms with van der Waals surface area (Å²) in [6, 6.07) is 21.3. The molecule has 0 bridgehead atoms. The Labute approximate surface area is 169 Å². The van der Waals surface area contributed by atoms with E-state index in [2.05, 4.69) is 54.6 Å². The molecule has 1 fully saturated rings. The standard InChI is InChI=1S/C28H30/c1-3-8-23-19(6-1)12-13-21-18-22(15-16-26(21)23)25-10-5-11-27-24-9-4-2-7-20(24)14-17-28(25)27/h1,3,5-6,8,10-11,14,17,21-22,26H,2,4,7,9,12-13,15-16,18H2. The second kappa shape index (κ2) is 6.76. The lowest BCUT2D eigenvalue weighted by molar-refractivity contribution is 0.251. The number of rotatable bonds is 1. The van der Waals surface area contributed by atoms with Crippen molar-refractivity contribution >= 4 is 10.8 Å². The van der Waals surface area contributed by atoms with Crippen LogP contribution in [0.2, 0.25) is 0 Å². The first-order valence-corrected chi connectivity index (χ1v) is 11.5. The summed E-state index contributed by atoms with van der Waals surface area (Å²) in [5, 5.41) is 3.12. The molecule has 3 aliphatic rings. The first-order chi connectivity index (χ1) is 13.9. The maximum atomic E-state index is 2.46. The topological polar surface area (TPSA) is 0 Å². The van der Waals surface area contributed by atoms with Gasteiger partial charge in [-0.1, -0.05) is 54.6 Å². The van der Waals surface area contributed by atoms with E-state index in [0.717, 1.165) is 17.8 Å². The van der Waals surface area contributed by atoms with Gasteiger partial charge in [0, 0.05) is 0 Å². The number of hydrogen-bond donors (Lipinski definition) is 0. The molecule has 28 heavy (non-hydrogen) atoms. The zero-order valence-electron chi connectivity index (χ0n) is 16.8. The van der Waals surface area contributed by atoms with Crippen LogP contribution in [0, 0.1) is 5.92 Å². The molecule has 0 spiro atoms. The molecular formula is C28H30. The SMILES string of the molecule is c1ccc2c(c1)CCC1CC(c3cccc4c5c(ccc34)CCCC5)CCC21. The Bertz CT molecular complexity index is 1030. The quantitative estimate of drug-likeness (QED) is 0.423. The van der Waals surface area contributed by atoms with Gasteiger partial charge in [0.15, 0.2) is 0 Å². The van der Waals surface area contributed by atoms with Gasteiger partial charge in [-0.05, 0) is 114 Å². The highest BCUT2D eigenvalue weighted by Gasteiger charge is 2.35. The summed E-state index contributed by atoms with van der Waals surface area (Å²) in [4.78, 5) is 0. The predicted molar refractivity (Wildman–Crippen MR) is 118 cm³/mol. The summed E-state index contributed by atoms with van der Waals surface area (Å²) in [5.74, 6) is 2.43. The largest absolute Gasteiger partial charge is 0.0620 e. The van der Waals surface area contributed by atoms with Crippen LogP contribution in [0.4, 0.5) is 0 Å². The lowest BCUT2D eigenvalue weighted by Crippen LogP contribution is -2.27. The average Bonchev–Trinajstić information content (AvgIpc) is 2.78. The van der Waals surface area contributed by atoms with Crippen molar-refractivity contribution in [2.24, 2.45) is 5.92 Å². The Balaban J connectivity index is 1.35. The van der Waals surface area contributed by atoms with Gasteiger partial charge in [0.1, 0.15) is 0 Å². The Kier molecular flexibility index (Phi) is 4.07. The van der Waals surface area contributed by atoms with E-state index >= 15 is 0 Å². The minimum atomic E-state index is 0.747. The molecule has 1 saturated carbocycles. The third-order valence-electron chi connectivity index (χ3n) is 8.09. The van der Waals surface area contributed by atoms with Crippen LogP contribution in [0.25, 0.3) is 10.8 Å². The fraction of sp³-hybridized carbons (Fsp3) is 0.429. The van der Waals surface area contributed by atoms with Crippen molar-refractivity contribution < 1.29 is 0 Å². The molecule has 3 aromatic rings. The van der Waals surface area contributed by atoms with Crippen molar-refractivity contribution in [3.63, 3.8) is 0 Å². The second-order valence-corrected chi connectivity index (χ2v) is 9.47. The Hall–Kier alpha value is -2.08. The molecule has 0 radical (unpaired) electrons. The smallest absolute Gasteiger partial charge is 0.0130 e. The fourth-order valence-electron chi connectivity index (χ4n) is 6.73. The maximum Gasteiger partial charge on any atom is -0.0130 e. The molecular weight excluding hydrogens is 336 g/mol. The molecule has 0 heteroatoms. The monoisotopic (exact) mass is 366 g/mol. The van der Waals surface area contributed by atoms with Gasteiger partial charge in [-0.2, -0.15) is 0 Å². The summed E-state index contributed by atoms with van der Waals surface area (Å²) in [6.07, 6.45) is 12.1. The lowest BCUT2D eigenvalue weighted by atomic mass is 9.64. The van der Waals surface area contributed by atoms with E-state index in [-0.39, 0.29) is 0 Å². The zero-order chi connectivity index (χ0) is 18.5. The van der Waals surface area contributed by atoms with Crippen LogP contribution in [0.5, 0.6) is 0 Å². The summed E-state index contributed by atoms with van der Waals surface area (Å²) < 4.78 is 0. The minimum Gasteiger partial charge on any atom is -0.0620 e. The second-order valence-electron chi connectivity index (χ2n) is 9.47. The highest BCUT2D eigenvalue weighted by atomic mass is 14.4. The molecule has 3 atom stereocenters. The Morgan fingerprint density at radius 1 is 0.607 bits per heavy atom. The number of benzene rings is 3. The number of aryl methyl sites for hydroxylation is 3. The van der Waals surface area contributed by atoms with Crippen LogP contribution >= 0.6 is 0 Å². The van der Waals surface area contributed by atoms with E-state index in [9.17, 15) is 0 Å². The van der Waals surface area contributed by atoms with Crippen molar-refractivity contribution in [2.75, 3.05) is 0 Å². The van der Waals surface area contributed by atoms with Crippen LogP contribution in [0.1, 0.15) is 78.2 Å². The van der Waals surface area contributed by atoms with Gasteiger partial charge in [-0.15, -0.1) is 0 Å². The van der Waals surface area contributed by atoms with Crippen LogP contribution in [-0.2, 0) is 19.3 Å². The molecule has 0 amide bonds. The van der Waals surface area contributed by atoms with Gasteiger partial charge in [0.25, 0.3) is 0 Å². The Morgan fingerprint density at radius 2 is 1.50 bits per heavy atom. The summed E-state index contributed by atoms with van der Waals surface area (Å²) >= 11 is 0. The average molecular weight is 367 g/mol. The molecule has 0 aromatic heterocycles. The van der Waals surface area contributed by atoms with Gasteiger partial charge in [-0.25, -0.2) is 0 Å². The van der Waals surface area contributed by atoms with E-state index in [1.165, 1.54) is 57.8 Å². The van der Waals surface area contributed by atoms with Crippen LogP contribution in [-0.4, -0.2) is 0 Å². The summed E-state index contributed by atoms with van der Waals surface area (Å²) in [7, 11) is 0. The fourth-order valence-corrected chi connectivity index (χ4v) is 6.73. The summed E-state index contributed by atoms with van der Waals surface area (Å²) in [5.41, 5.74) is 8.21. The molecule has 0 aliphatic heterocycles. The van der Waals surface area contributed by atoms with Crippen molar-refractivity contribution in [1.82, 2.24) is 0 Å². The molecule has 0 nitrogen and oxygen atoms in total. The maximum absolute atomic E-state index is 2.46. The third kappa shape index (κ3) is 2.65. The molecule has 142 valence electrons. The molecule has 3 aliphatic carbocycles. The molecule has 6 rings (SSSR count).